The SMILES string of the molecule is CCOCOC1C2OC(c3ccccc3)OCC2OC(OC)C1OS(=O)(=O)C(F)(F)C(F)(F)OC(F)(F)C(F)(F)CCCCCCCCCCC(=O)NCCOC. The summed E-state index contributed by atoms with van der Waals surface area (Å²) in [5, 5.41) is -4.01. The summed E-state index contributed by atoms with van der Waals surface area (Å²) in [6.45, 7) is 1.50. The normalized spacial score (nSPS) is 23.6. The molecule has 2 aliphatic rings. The highest BCUT2D eigenvalue weighted by Crippen LogP contribution is 2.49. The molecule has 2 saturated heterocycles. The van der Waals surface area contributed by atoms with E-state index in [2.05, 4.69) is 14.2 Å². The molecule has 1 aromatic carbocycles. The van der Waals surface area contributed by atoms with Gasteiger partial charge in [-0.3, -0.25) is 8.98 Å². The second-order valence-corrected chi connectivity index (χ2v) is 14.9. The minimum absolute atomic E-state index is 0.0389. The third-order valence-electron chi connectivity index (χ3n) is 8.98. The lowest BCUT2D eigenvalue weighted by Gasteiger charge is -2.48. The number of methoxy groups -OCH3 is 2. The molecular weight excluding hydrogens is 810 g/mol. The topological polar surface area (TPSA) is 146 Å². The highest BCUT2D eigenvalue weighted by molar-refractivity contribution is 7.87. The molecule has 2 fully saturated rings. The smallest absolute Gasteiger partial charge is 0.383 e. The van der Waals surface area contributed by atoms with Gasteiger partial charge in [0, 0.05) is 45.8 Å². The van der Waals surface area contributed by atoms with E-state index in [0.717, 1.165) is 7.11 Å². The molecule has 0 spiro atoms. The first-order chi connectivity index (χ1) is 26.8. The van der Waals surface area contributed by atoms with Crippen LogP contribution in [0.2, 0.25) is 0 Å². The van der Waals surface area contributed by atoms with Crippen LogP contribution in [0, 0.1) is 0 Å². The van der Waals surface area contributed by atoms with E-state index in [9.17, 15) is 39.6 Å². The summed E-state index contributed by atoms with van der Waals surface area (Å²) < 4.78 is 189. The van der Waals surface area contributed by atoms with E-state index in [1.807, 2.05) is 0 Å². The average molecular weight is 862 g/mol. The van der Waals surface area contributed by atoms with Crippen molar-refractivity contribution in [3.8, 4) is 0 Å². The van der Waals surface area contributed by atoms with E-state index in [-0.39, 0.29) is 25.5 Å². The maximum absolute atomic E-state index is 15.2. The van der Waals surface area contributed by atoms with Gasteiger partial charge in [0.2, 0.25) is 5.91 Å². The minimum Gasteiger partial charge on any atom is -0.383 e. The third kappa shape index (κ3) is 13.6. The fourth-order valence-electron chi connectivity index (χ4n) is 5.89. The molecule has 0 bridgehead atoms. The monoisotopic (exact) mass is 861 g/mol. The number of fused-ring (bicyclic) bond motifs is 1. The minimum atomic E-state index is -7.07. The zero-order chi connectivity index (χ0) is 42.3. The fraction of sp³-hybridized carbons (Fsp3) is 0.800. The van der Waals surface area contributed by atoms with Gasteiger partial charge in [0.15, 0.2) is 18.7 Å². The van der Waals surface area contributed by atoms with Crippen LogP contribution in [-0.4, -0.2) is 116 Å². The number of unbranched alkanes of at least 4 members (excludes halogenated alkanes) is 7. The number of hydrogen-bond acceptors (Lipinski definition) is 12. The van der Waals surface area contributed by atoms with Crippen molar-refractivity contribution in [3.63, 3.8) is 0 Å². The number of nitrogens with one attached hydrogen (secondary N) is 1. The van der Waals surface area contributed by atoms with Crippen LogP contribution in [0.3, 0.4) is 0 Å². The summed E-state index contributed by atoms with van der Waals surface area (Å²) in [5.41, 5.74) is 0.458. The van der Waals surface area contributed by atoms with Crippen LogP contribution in [0.1, 0.15) is 83.0 Å². The van der Waals surface area contributed by atoms with Gasteiger partial charge in [-0.05, 0) is 19.8 Å². The first kappa shape index (κ1) is 49.1. The molecule has 1 amide bonds. The molecule has 2 heterocycles. The molecule has 2 aliphatic heterocycles. The summed E-state index contributed by atoms with van der Waals surface area (Å²) in [7, 11) is -4.65. The number of benzene rings is 1. The third-order valence-corrected chi connectivity index (χ3v) is 10.3. The predicted molar refractivity (Wildman–Crippen MR) is 183 cm³/mol. The number of ether oxygens (including phenoxy) is 8. The van der Waals surface area contributed by atoms with Crippen molar-refractivity contribution < 1.29 is 90.4 Å². The lowest BCUT2D eigenvalue weighted by atomic mass is 9.97. The predicted octanol–water partition coefficient (Wildman–Crippen LogP) is 6.66. The molecular formula is C35H51F8NO12S. The highest BCUT2D eigenvalue weighted by atomic mass is 32.2. The van der Waals surface area contributed by atoms with Crippen molar-refractivity contribution in [3.05, 3.63) is 35.9 Å². The Bertz CT molecular complexity index is 1450. The number of rotatable bonds is 27. The van der Waals surface area contributed by atoms with Crippen molar-refractivity contribution in [1.29, 1.82) is 0 Å². The van der Waals surface area contributed by atoms with Crippen LogP contribution >= 0.6 is 0 Å². The van der Waals surface area contributed by atoms with Gasteiger partial charge in [-0.25, -0.2) is 4.74 Å². The van der Waals surface area contributed by atoms with E-state index >= 15 is 8.78 Å². The quantitative estimate of drug-likeness (QED) is 0.0437. The molecule has 6 unspecified atom stereocenters. The van der Waals surface area contributed by atoms with E-state index in [0.29, 0.717) is 63.7 Å². The lowest BCUT2D eigenvalue weighted by molar-refractivity contribution is -0.457. The van der Waals surface area contributed by atoms with Crippen LogP contribution in [0.4, 0.5) is 35.1 Å². The molecule has 57 heavy (non-hydrogen) atoms. The molecule has 1 aromatic rings. The first-order valence-corrected chi connectivity index (χ1v) is 19.8. The number of carbonyl (C=O) groups excluding carboxylic acids is 1. The van der Waals surface area contributed by atoms with Gasteiger partial charge in [0.1, 0.15) is 25.1 Å². The maximum Gasteiger partial charge on any atom is 0.460 e. The average Bonchev–Trinajstić information content (AvgIpc) is 3.15. The van der Waals surface area contributed by atoms with Gasteiger partial charge < -0.3 is 38.5 Å². The molecule has 6 atom stereocenters. The van der Waals surface area contributed by atoms with Crippen LogP contribution in [-0.2, 0) is 57.0 Å². The van der Waals surface area contributed by atoms with Crippen molar-refractivity contribution >= 4 is 16.0 Å². The Morgan fingerprint density at radius 2 is 1.49 bits per heavy atom. The molecule has 1 N–H and O–H groups in total. The van der Waals surface area contributed by atoms with Gasteiger partial charge in [-0.2, -0.15) is 43.5 Å². The summed E-state index contributed by atoms with van der Waals surface area (Å²) in [4.78, 5) is 11.6. The zero-order valence-electron chi connectivity index (χ0n) is 31.8. The molecule has 13 nitrogen and oxygen atoms in total. The summed E-state index contributed by atoms with van der Waals surface area (Å²) in [5.74, 6) is -5.54. The number of carbonyl (C=O) groups is 1. The molecule has 0 radical (unpaired) electrons. The number of alkyl halides is 8. The number of amides is 1. The fourth-order valence-corrected chi connectivity index (χ4v) is 6.83. The van der Waals surface area contributed by atoms with Crippen molar-refractivity contribution in [2.45, 2.75) is 132 Å². The number of hydrogen-bond donors (Lipinski definition) is 1. The molecule has 330 valence electrons. The summed E-state index contributed by atoms with van der Waals surface area (Å²) in [6.07, 6.45) is -21.4. The van der Waals surface area contributed by atoms with Crippen LogP contribution < -0.4 is 5.32 Å². The molecule has 3 rings (SSSR count). The van der Waals surface area contributed by atoms with Crippen molar-refractivity contribution in [2.24, 2.45) is 0 Å². The Labute approximate surface area is 326 Å². The summed E-state index contributed by atoms with van der Waals surface area (Å²) in [6, 6.07) is 8.17. The van der Waals surface area contributed by atoms with Gasteiger partial charge in [0.25, 0.3) is 0 Å². The first-order valence-electron chi connectivity index (χ1n) is 18.4. The van der Waals surface area contributed by atoms with Crippen molar-refractivity contribution in [1.82, 2.24) is 5.32 Å². The maximum atomic E-state index is 15.2. The molecule has 0 aliphatic carbocycles. The van der Waals surface area contributed by atoms with E-state index in [4.69, 9.17) is 33.2 Å². The Balaban J connectivity index is 1.61. The van der Waals surface area contributed by atoms with E-state index < -0.39 is 90.1 Å². The van der Waals surface area contributed by atoms with Gasteiger partial charge in [-0.1, -0.05) is 68.9 Å². The Hall–Kier alpha value is -2.28. The van der Waals surface area contributed by atoms with Gasteiger partial charge in [-0.15, -0.1) is 0 Å². The zero-order valence-corrected chi connectivity index (χ0v) is 32.6. The molecule has 0 aromatic heterocycles. The van der Waals surface area contributed by atoms with E-state index in [1.54, 1.807) is 37.3 Å². The van der Waals surface area contributed by atoms with Gasteiger partial charge >= 0.3 is 33.5 Å². The Morgan fingerprint density at radius 3 is 2.11 bits per heavy atom. The Kier molecular flexibility index (Phi) is 19.3. The highest BCUT2D eigenvalue weighted by Gasteiger charge is 2.75. The summed E-state index contributed by atoms with van der Waals surface area (Å²) >= 11 is 0. The molecule has 22 heteroatoms. The lowest BCUT2D eigenvalue weighted by Crippen LogP contribution is -2.65. The van der Waals surface area contributed by atoms with Gasteiger partial charge in [0.05, 0.1) is 13.2 Å². The van der Waals surface area contributed by atoms with Crippen molar-refractivity contribution in [2.75, 3.05) is 47.4 Å². The van der Waals surface area contributed by atoms with E-state index in [1.165, 1.54) is 7.11 Å². The second kappa shape index (κ2) is 22.4. The van der Waals surface area contributed by atoms with Crippen LogP contribution in [0.15, 0.2) is 30.3 Å². The van der Waals surface area contributed by atoms with Crippen LogP contribution in [0.5, 0.6) is 0 Å². The largest absolute Gasteiger partial charge is 0.460 e. The standard InChI is InChI=1S/C35H51F8NO12S/c1-4-50-23-52-28-27-25(22-51-30(54-27)24-16-12-11-13-17-24)53-31(49-3)29(28)55-57(46,47)35(42,43)34(40,41)56-33(38,39)32(36,37)19-15-10-8-6-5-7-9-14-18-26(45)44-20-21-48-2/h11-13,16-17,25,27-31H,4-10,14-15,18-23H2,1-3H3,(H,44,45). The molecule has 0 saturated carbocycles. The second-order valence-electron chi connectivity index (χ2n) is 13.2. The van der Waals surface area contributed by atoms with Crippen LogP contribution in [0.25, 0.3) is 0 Å². The number of halogens is 8. The Morgan fingerprint density at radius 1 is 0.860 bits per heavy atom.